The Kier molecular flexibility index (Phi) is 5.75. The Labute approximate surface area is 278 Å². The minimum absolute atomic E-state index is 0.518. The Morgan fingerprint density at radius 3 is 1.85 bits per heavy atom. The average molecular weight is 614 g/mol. The summed E-state index contributed by atoms with van der Waals surface area (Å²) >= 11 is 0. The summed E-state index contributed by atoms with van der Waals surface area (Å²) in [7, 11) is 0. The standard InChI is InChI=1S/C44H27N3O/c1-2-14-29(15-3-1)42-41(45-43(47-46-42)34-20-12-16-28-13-4-5-17-31(28)34)30-25-26-38-40(27-30)48-39-24-11-10-23-37(39)44(38)35-21-8-6-18-32(35)33-19-7-9-22-36(33)44/h1-27H. The number of para-hydroxylation sites is 1. The van der Waals surface area contributed by atoms with Gasteiger partial charge in [-0.15, -0.1) is 10.2 Å². The molecule has 0 atom stereocenters. The highest BCUT2D eigenvalue weighted by molar-refractivity contribution is 5.96. The normalized spacial score (nSPS) is 13.3. The molecule has 224 valence electrons. The van der Waals surface area contributed by atoms with Crippen LogP contribution in [-0.4, -0.2) is 15.2 Å². The summed E-state index contributed by atoms with van der Waals surface area (Å²) in [4.78, 5) is 5.26. The number of aromatic nitrogens is 3. The van der Waals surface area contributed by atoms with Crippen molar-refractivity contribution in [1.29, 1.82) is 0 Å². The molecule has 8 aromatic rings. The lowest BCUT2D eigenvalue weighted by Crippen LogP contribution is -2.32. The van der Waals surface area contributed by atoms with Gasteiger partial charge in [-0.2, -0.15) is 0 Å². The molecule has 48 heavy (non-hydrogen) atoms. The van der Waals surface area contributed by atoms with Crippen LogP contribution in [0.1, 0.15) is 22.3 Å². The molecule has 0 bridgehead atoms. The quantitative estimate of drug-likeness (QED) is 0.199. The summed E-state index contributed by atoms with van der Waals surface area (Å²) in [5.74, 6) is 2.25. The lowest BCUT2D eigenvalue weighted by atomic mass is 9.66. The Hall–Kier alpha value is -6.39. The largest absolute Gasteiger partial charge is 0.457 e. The van der Waals surface area contributed by atoms with Crippen LogP contribution in [0.2, 0.25) is 0 Å². The van der Waals surface area contributed by atoms with E-state index < -0.39 is 5.41 Å². The van der Waals surface area contributed by atoms with Gasteiger partial charge in [0.1, 0.15) is 22.9 Å². The van der Waals surface area contributed by atoms with Gasteiger partial charge in [-0.3, -0.25) is 0 Å². The second-order valence-electron chi connectivity index (χ2n) is 12.4. The van der Waals surface area contributed by atoms with Crippen LogP contribution in [-0.2, 0) is 5.41 Å². The van der Waals surface area contributed by atoms with E-state index in [-0.39, 0.29) is 0 Å². The fourth-order valence-electron chi connectivity index (χ4n) is 7.86. The summed E-state index contributed by atoms with van der Waals surface area (Å²) in [5, 5.41) is 11.8. The van der Waals surface area contributed by atoms with Crippen LogP contribution in [0.15, 0.2) is 164 Å². The summed E-state index contributed by atoms with van der Waals surface area (Å²) in [6.45, 7) is 0. The van der Waals surface area contributed by atoms with Gasteiger partial charge in [-0.05, 0) is 45.2 Å². The molecule has 0 fully saturated rings. The Morgan fingerprint density at radius 1 is 0.417 bits per heavy atom. The van der Waals surface area contributed by atoms with Crippen LogP contribution in [0.5, 0.6) is 11.5 Å². The van der Waals surface area contributed by atoms with Crippen molar-refractivity contribution in [2.45, 2.75) is 5.41 Å². The highest BCUT2D eigenvalue weighted by atomic mass is 16.5. The van der Waals surface area contributed by atoms with E-state index in [9.17, 15) is 0 Å². The first-order valence-electron chi connectivity index (χ1n) is 16.2. The van der Waals surface area contributed by atoms with Gasteiger partial charge in [0, 0.05) is 27.8 Å². The molecule has 0 unspecified atom stereocenters. The molecule has 0 amide bonds. The van der Waals surface area contributed by atoms with E-state index in [2.05, 4.69) is 121 Å². The van der Waals surface area contributed by atoms with Crippen LogP contribution in [0.4, 0.5) is 0 Å². The summed E-state index contributed by atoms with van der Waals surface area (Å²) in [6.07, 6.45) is 0. The van der Waals surface area contributed by atoms with Gasteiger partial charge < -0.3 is 4.74 Å². The average Bonchev–Trinajstić information content (AvgIpc) is 3.45. The van der Waals surface area contributed by atoms with Gasteiger partial charge in [-0.1, -0.05) is 152 Å². The highest BCUT2D eigenvalue weighted by Crippen LogP contribution is 2.62. The first-order chi connectivity index (χ1) is 23.8. The molecule has 0 saturated carbocycles. The SMILES string of the molecule is c1ccc(-c2nnc(-c3cccc4ccccc34)nc2-c2ccc3c(c2)Oc2ccccc2C32c3ccccc3-c3ccccc32)cc1. The van der Waals surface area contributed by atoms with E-state index >= 15 is 0 Å². The van der Waals surface area contributed by atoms with E-state index in [0.717, 1.165) is 61.5 Å². The first kappa shape index (κ1) is 26.8. The molecule has 10 rings (SSSR count). The van der Waals surface area contributed by atoms with Crippen molar-refractivity contribution < 1.29 is 4.74 Å². The van der Waals surface area contributed by atoms with Crippen molar-refractivity contribution >= 4 is 10.8 Å². The lowest BCUT2D eigenvalue weighted by Gasteiger charge is -2.39. The Morgan fingerprint density at radius 2 is 1.04 bits per heavy atom. The third kappa shape index (κ3) is 3.74. The monoisotopic (exact) mass is 613 g/mol. The van der Waals surface area contributed by atoms with Crippen LogP contribution in [0, 0.1) is 0 Å². The van der Waals surface area contributed by atoms with E-state index in [4.69, 9.17) is 19.9 Å². The number of hydrogen-bond donors (Lipinski definition) is 0. The number of ether oxygens (including phenoxy) is 1. The van der Waals surface area contributed by atoms with Crippen LogP contribution in [0.25, 0.3) is 55.8 Å². The molecule has 1 aliphatic heterocycles. The second kappa shape index (κ2) is 10.3. The molecule has 4 heteroatoms. The van der Waals surface area contributed by atoms with E-state index in [0.29, 0.717) is 5.82 Å². The molecule has 1 aromatic heterocycles. The zero-order valence-corrected chi connectivity index (χ0v) is 25.8. The number of hydrogen-bond acceptors (Lipinski definition) is 4. The van der Waals surface area contributed by atoms with E-state index in [1.54, 1.807) is 0 Å². The zero-order valence-electron chi connectivity index (χ0n) is 25.8. The maximum atomic E-state index is 6.81. The summed E-state index contributed by atoms with van der Waals surface area (Å²) in [6, 6.07) is 57.3. The molecule has 0 saturated heterocycles. The highest BCUT2D eigenvalue weighted by Gasteiger charge is 2.50. The Balaban J connectivity index is 1.23. The van der Waals surface area contributed by atoms with Gasteiger partial charge in [0.05, 0.1) is 5.41 Å². The fraction of sp³-hybridized carbons (Fsp3) is 0.0227. The molecule has 1 aliphatic carbocycles. The molecular weight excluding hydrogens is 587 g/mol. The third-order valence-electron chi connectivity index (χ3n) is 9.89. The molecular formula is C44H27N3O. The minimum Gasteiger partial charge on any atom is -0.457 e. The van der Waals surface area contributed by atoms with Crippen LogP contribution in [0.3, 0.4) is 0 Å². The van der Waals surface area contributed by atoms with Crippen molar-refractivity contribution in [3.05, 3.63) is 186 Å². The number of benzene rings is 7. The molecule has 7 aromatic carbocycles. The van der Waals surface area contributed by atoms with Crippen molar-refractivity contribution in [1.82, 2.24) is 15.2 Å². The predicted octanol–water partition coefficient (Wildman–Crippen LogP) is 10.5. The lowest BCUT2D eigenvalue weighted by molar-refractivity contribution is 0.436. The summed E-state index contributed by atoms with van der Waals surface area (Å²) < 4.78 is 6.81. The Bertz CT molecular complexity index is 2510. The smallest absolute Gasteiger partial charge is 0.182 e. The predicted molar refractivity (Wildman–Crippen MR) is 191 cm³/mol. The van der Waals surface area contributed by atoms with Gasteiger partial charge >= 0.3 is 0 Å². The van der Waals surface area contributed by atoms with Gasteiger partial charge in [0.2, 0.25) is 0 Å². The zero-order chi connectivity index (χ0) is 31.7. The molecule has 1 spiro atoms. The molecule has 2 heterocycles. The van der Waals surface area contributed by atoms with E-state index in [1.165, 1.54) is 22.3 Å². The van der Waals surface area contributed by atoms with Gasteiger partial charge in [-0.25, -0.2) is 4.98 Å². The number of rotatable bonds is 3. The third-order valence-corrected chi connectivity index (χ3v) is 9.89. The van der Waals surface area contributed by atoms with Crippen LogP contribution >= 0.6 is 0 Å². The van der Waals surface area contributed by atoms with Crippen molar-refractivity contribution in [3.63, 3.8) is 0 Å². The minimum atomic E-state index is -0.518. The topological polar surface area (TPSA) is 47.9 Å². The molecule has 2 aliphatic rings. The molecule has 4 nitrogen and oxygen atoms in total. The maximum Gasteiger partial charge on any atom is 0.182 e. The van der Waals surface area contributed by atoms with Crippen molar-refractivity contribution in [3.8, 4) is 56.5 Å². The van der Waals surface area contributed by atoms with Crippen LogP contribution < -0.4 is 4.74 Å². The maximum absolute atomic E-state index is 6.81. The molecule has 0 N–H and O–H groups in total. The number of nitrogens with zero attached hydrogens (tertiary/aromatic N) is 3. The first-order valence-corrected chi connectivity index (χ1v) is 16.2. The second-order valence-corrected chi connectivity index (χ2v) is 12.4. The van der Waals surface area contributed by atoms with E-state index in [1.807, 2.05) is 42.5 Å². The fourth-order valence-corrected chi connectivity index (χ4v) is 7.86. The van der Waals surface area contributed by atoms with Crippen molar-refractivity contribution in [2.24, 2.45) is 0 Å². The molecule has 0 radical (unpaired) electrons. The van der Waals surface area contributed by atoms with Gasteiger partial charge in [0.25, 0.3) is 0 Å². The van der Waals surface area contributed by atoms with Gasteiger partial charge in [0.15, 0.2) is 5.82 Å². The summed E-state index contributed by atoms with van der Waals surface area (Å²) in [5.41, 5.74) is 11.1. The number of fused-ring (bicyclic) bond motifs is 10. The van der Waals surface area contributed by atoms with Crippen molar-refractivity contribution in [2.75, 3.05) is 0 Å².